The Bertz CT molecular complexity index is 929. The van der Waals surface area contributed by atoms with Crippen molar-refractivity contribution in [3.8, 4) is 0 Å². The second-order valence-electron chi connectivity index (χ2n) is 7.82. The number of halogens is 2. The molecular formula is C25H26ClF. The van der Waals surface area contributed by atoms with E-state index in [-0.39, 0.29) is 5.82 Å². The SMILES string of the molecule is CCCCC[C@@H]1CCc2c(ccc3ccc(F)cc23)[C@H]1c1ccc(Cl)cc1. The van der Waals surface area contributed by atoms with Crippen LogP contribution in [0.4, 0.5) is 4.39 Å². The highest BCUT2D eigenvalue weighted by molar-refractivity contribution is 6.30. The summed E-state index contributed by atoms with van der Waals surface area (Å²) in [6.45, 7) is 2.26. The van der Waals surface area contributed by atoms with Crippen LogP contribution in [0.3, 0.4) is 0 Å². The van der Waals surface area contributed by atoms with Gasteiger partial charge in [-0.15, -0.1) is 0 Å². The molecule has 1 aliphatic carbocycles. The zero-order valence-corrected chi connectivity index (χ0v) is 16.6. The summed E-state index contributed by atoms with van der Waals surface area (Å²) in [6, 6.07) is 17.9. The molecule has 140 valence electrons. The van der Waals surface area contributed by atoms with Crippen LogP contribution in [-0.4, -0.2) is 0 Å². The van der Waals surface area contributed by atoms with Crippen molar-refractivity contribution >= 4 is 22.4 Å². The number of rotatable bonds is 5. The van der Waals surface area contributed by atoms with Crippen LogP contribution in [0.5, 0.6) is 0 Å². The fourth-order valence-corrected chi connectivity index (χ4v) is 4.91. The van der Waals surface area contributed by atoms with Crippen molar-refractivity contribution in [2.24, 2.45) is 5.92 Å². The smallest absolute Gasteiger partial charge is 0.123 e. The standard InChI is InChI=1S/C25H26ClF/c1-2-3-4-5-18-10-14-22-23(25(18)19-6-11-20(26)12-7-19)15-9-17-8-13-21(27)16-24(17)22/h6-9,11-13,15-16,18,25H,2-5,10,14H2,1H3/t18-,25-/m1/s1. The molecule has 0 heterocycles. The van der Waals surface area contributed by atoms with Crippen LogP contribution in [0.15, 0.2) is 54.6 Å². The second-order valence-corrected chi connectivity index (χ2v) is 8.26. The van der Waals surface area contributed by atoms with Crippen molar-refractivity contribution < 1.29 is 4.39 Å². The van der Waals surface area contributed by atoms with Gasteiger partial charge < -0.3 is 0 Å². The lowest BCUT2D eigenvalue weighted by molar-refractivity contribution is 0.369. The minimum absolute atomic E-state index is 0.149. The van der Waals surface area contributed by atoms with Crippen molar-refractivity contribution in [3.63, 3.8) is 0 Å². The Morgan fingerprint density at radius 3 is 2.56 bits per heavy atom. The molecular weight excluding hydrogens is 355 g/mol. The van der Waals surface area contributed by atoms with Crippen LogP contribution in [0.1, 0.15) is 61.6 Å². The van der Waals surface area contributed by atoms with E-state index < -0.39 is 0 Å². The first-order chi connectivity index (χ1) is 13.2. The van der Waals surface area contributed by atoms with Crippen molar-refractivity contribution in [2.75, 3.05) is 0 Å². The summed E-state index contributed by atoms with van der Waals surface area (Å²) in [5.41, 5.74) is 4.04. The molecule has 0 radical (unpaired) electrons. The van der Waals surface area contributed by atoms with E-state index in [1.165, 1.54) is 48.8 Å². The normalized spacial score (nSPS) is 19.2. The summed E-state index contributed by atoms with van der Waals surface area (Å²) in [7, 11) is 0. The van der Waals surface area contributed by atoms with Gasteiger partial charge in [-0.25, -0.2) is 4.39 Å². The molecule has 3 aromatic rings. The van der Waals surface area contributed by atoms with E-state index in [1.54, 1.807) is 12.1 Å². The predicted octanol–water partition coefficient (Wildman–Crippen LogP) is 7.91. The van der Waals surface area contributed by atoms with Crippen LogP contribution in [0, 0.1) is 11.7 Å². The Morgan fingerprint density at radius 1 is 1.00 bits per heavy atom. The first kappa shape index (κ1) is 18.5. The zero-order chi connectivity index (χ0) is 18.8. The van der Waals surface area contributed by atoms with Gasteiger partial charge in [-0.05, 0) is 76.9 Å². The first-order valence-electron chi connectivity index (χ1n) is 10.1. The van der Waals surface area contributed by atoms with Gasteiger partial charge in [0.05, 0.1) is 0 Å². The average molecular weight is 381 g/mol. The Hall–Kier alpha value is -1.86. The molecule has 0 unspecified atom stereocenters. The molecule has 0 amide bonds. The molecule has 0 fully saturated rings. The Balaban J connectivity index is 1.81. The maximum Gasteiger partial charge on any atom is 0.123 e. The third-order valence-electron chi connectivity index (χ3n) is 6.11. The lowest BCUT2D eigenvalue weighted by Gasteiger charge is -2.35. The van der Waals surface area contributed by atoms with Gasteiger partial charge in [-0.2, -0.15) is 0 Å². The Kier molecular flexibility index (Phi) is 5.50. The van der Waals surface area contributed by atoms with Crippen LogP contribution in [0.2, 0.25) is 5.02 Å². The maximum atomic E-state index is 13.9. The summed E-state index contributed by atoms with van der Waals surface area (Å²) < 4.78 is 13.9. The van der Waals surface area contributed by atoms with Crippen LogP contribution in [-0.2, 0) is 6.42 Å². The molecule has 3 aromatic carbocycles. The van der Waals surface area contributed by atoms with Crippen molar-refractivity contribution in [2.45, 2.75) is 51.4 Å². The fraction of sp³-hybridized carbons (Fsp3) is 0.360. The molecule has 0 saturated heterocycles. The molecule has 0 spiro atoms. The second kappa shape index (κ2) is 8.02. The van der Waals surface area contributed by atoms with Gasteiger partial charge in [0.2, 0.25) is 0 Å². The number of aryl methyl sites for hydroxylation is 1. The van der Waals surface area contributed by atoms with Crippen LogP contribution < -0.4 is 0 Å². The number of hydrogen-bond acceptors (Lipinski definition) is 0. The van der Waals surface area contributed by atoms with Gasteiger partial charge in [-0.1, -0.05) is 68.1 Å². The maximum absolute atomic E-state index is 13.9. The van der Waals surface area contributed by atoms with Gasteiger partial charge in [-0.3, -0.25) is 0 Å². The van der Waals surface area contributed by atoms with E-state index >= 15 is 0 Å². The minimum Gasteiger partial charge on any atom is -0.207 e. The monoisotopic (exact) mass is 380 g/mol. The van der Waals surface area contributed by atoms with Gasteiger partial charge in [0, 0.05) is 10.9 Å². The molecule has 0 bridgehead atoms. The van der Waals surface area contributed by atoms with Crippen molar-refractivity contribution in [1.82, 2.24) is 0 Å². The molecule has 0 N–H and O–H groups in total. The Labute approximate surface area is 166 Å². The van der Waals surface area contributed by atoms with Gasteiger partial charge in [0.1, 0.15) is 5.82 Å². The average Bonchev–Trinajstić information content (AvgIpc) is 2.68. The molecule has 0 aromatic heterocycles. The highest BCUT2D eigenvalue weighted by Gasteiger charge is 2.31. The molecule has 0 aliphatic heterocycles. The fourth-order valence-electron chi connectivity index (χ4n) is 4.78. The predicted molar refractivity (Wildman–Crippen MR) is 113 cm³/mol. The third kappa shape index (κ3) is 3.75. The number of benzene rings is 3. The van der Waals surface area contributed by atoms with Crippen LogP contribution >= 0.6 is 11.6 Å². The lowest BCUT2D eigenvalue weighted by atomic mass is 9.69. The van der Waals surface area contributed by atoms with E-state index in [2.05, 4.69) is 31.2 Å². The highest BCUT2D eigenvalue weighted by atomic mass is 35.5. The van der Waals surface area contributed by atoms with Gasteiger partial charge in [0.15, 0.2) is 0 Å². The summed E-state index contributed by atoms with van der Waals surface area (Å²) in [4.78, 5) is 0. The topological polar surface area (TPSA) is 0 Å². The molecule has 2 atom stereocenters. The number of hydrogen-bond donors (Lipinski definition) is 0. The first-order valence-corrected chi connectivity index (χ1v) is 10.5. The number of unbranched alkanes of at least 4 members (excludes halogenated alkanes) is 2. The summed E-state index contributed by atoms with van der Waals surface area (Å²) in [5.74, 6) is 0.857. The minimum atomic E-state index is -0.149. The Morgan fingerprint density at radius 2 is 1.78 bits per heavy atom. The summed E-state index contributed by atoms with van der Waals surface area (Å²) >= 11 is 6.14. The van der Waals surface area contributed by atoms with E-state index in [0.29, 0.717) is 11.8 Å². The molecule has 0 nitrogen and oxygen atoms in total. The molecule has 1 aliphatic rings. The largest absolute Gasteiger partial charge is 0.207 e. The van der Waals surface area contributed by atoms with E-state index in [1.807, 2.05) is 18.2 Å². The molecule has 0 saturated carbocycles. The summed E-state index contributed by atoms with van der Waals surface area (Å²) in [5, 5.41) is 2.99. The molecule has 27 heavy (non-hydrogen) atoms. The summed E-state index contributed by atoms with van der Waals surface area (Å²) in [6.07, 6.45) is 7.28. The molecule has 2 heteroatoms. The quantitative estimate of drug-likeness (QED) is 0.394. The van der Waals surface area contributed by atoms with Crippen molar-refractivity contribution in [3.05, 3.63) is 82.1 Å². The third-order valence-corrected chi connectivity index (χ3v) is 6.36. The van der Waals surface area contributed by atoms with E-state index in [4.69, 9.17) is 11.6 Å². The van der Waals surface area contributed by atoms with E-state index in [9.17, 15) is 4.39 Å². The van der Waals surface area contributed by atoms with Crippen molar-refractivity contribution in [1.29, 1.82) is 0 Å². The number of fused-ring (bicyclic) bond motifs is 3. The van der Waals surface area contributed by atoms with E-state index in [0.717, 1.165) is 22.2 Å². The lowest BCUT2D eigenvalue weighted by Crippen LogP contribution is -2.22. The van der Waals surface area contributed by atoms with Crippen LogP contribution in [0.25, 0.3) is 10.8 Å². The molecule has 4 rings (SSSR count). The van der Waals surface area contributed by atoms with Gasteiger partial charge in [0.25, 0.3) is 0 Å². The zero-order valence-electron chi connectivity index (χ0n) is 15.8. The highest BCUT2D eigenvalue weighted by Crippen LogP contribution is 2.45. The van der Waals surface area contributed by atoms with Gasteiger partial charge >= 0.3 is 0 Å².